The number of alkyl halides is 3. The number of ether oxygens (including phenoxy) is 1. The summed E-state index contributed by atoms with van der Waals surface area (Å²) in [6.45, 7) is 6.24. The van der Waals surface area contributed by atoms with Gasteiger partial charge in [0, 0.05) is 24.9 Å². The number of carbonyl (C=O) groups is 3. The molecule has 304 valence electrons. The summed E-state index contributed by atoms with van der Waals surface area (Å²) in [6.07, 6.45) is -4.15. The van der Waals surface area contributed by atoms with E-state index < -0.39 is 74.8 Å². The summed E-state index contributed by atoms with van der Waals surface area (Å²) in [5, 5.41) is 26.0. The Morgan fingerprint density at radius 1 is 0.963 bits per heavy atom. The van der Waals surface area contributed by atoms with Crippen LogP contribution in [0.4, 0.5) is 26.7 Å². The number of carbonyl (C=O) groups excluding carboxylic acids is 2. The maximum Gasteiger partial charge on any atom is 0.490 e. The highest BCUT2D eigenvalue weighted by Crippen LogP contribution is 2.21. The molecule has 2 aromatic rings. The molecule has 2 aromatic carbocycles. The summed E-state index contributed by atoms with van der Waals surface area (Å²) >= 11 is 1.63. The Morgan fingerprint density at radius 3 is 2.11 bits per heavy atom. The van der Waals surface area contributed by atoms with Crippen LogP contribution in [0.5, 0.6) is 0 Å². The number of carboxylic acids is 1. The van der Waals surface area contributed by atoms with E-state index in [1.807, 2.05) is 45.0 Å². The predicted molar refractivity (Wildman–Crippen MR) is 196 cm³/mol. The maximum absolute atomic E-state index is 14.1. The van der Waals surface area contributed by atoms with Gasteiger partial charge < -0.3 is 30.9 Å². The molecule has 0 radical (unpaired) electrons. The van der Waals surface area contributed by atoms with E-state index in [-0.39, 0.29) is 24.6 Å². The number of alkyl carbamates (subject to hydrolysis) is 1. The third kappa shape index (κ3) is 16.9. The van der Waals surface area contributed by atoms with Crippen molar-refractivity contribution in [2.24, 2.45) is 0 Å². The van der Waals surface area contributed by atoms with Crippen molar-refractivity contribution in [3.05, 3.63) is 70.8 Å². The first-order chi connectivity index (χ1) is 25.4. The summed E-state index contributed by atoms with van der Waals surface area (Å²) in [4.78, 5) is 35.6. The van der Waals surface area contributed by atoms with Crippen LogP contribution in [-0.2, 0) is 43.5 Å². The van der Waals surface area contributed by atoms with Crippen LogP contribution in [0.1, 0.15) is 69.6 Å². The topological polar surface area (TPSA) is 171 Å². The number of amides is 2. The van der Waals surface area contributed by atoms with Gasteiger partial charge in [0.2, 0.25) is 5.91 Å². The first kappa shape index (κ1) is 46.7. The monoisotopic (exact) mass is 811 g/mol. The van der Waals surface area contributed by atoms with Crippen molar-refractivity contribution in [1.82, 2.24) is 16.0 Å². The second-order valence-electron chi connectivity index (χ2n) is 12.9. The second kappa shape index (κ2) is 22.8. The molecule has 4 atom stereocenters. The number of aliphatic carboxylic acids is 1. The molecular formula is C36H50F5N3O8S2. The van der Waals surface area contributed by atoms with E-state index in [2.05, 4.69) is 16.0 Å². The minimum atomic E-state index is -5.08. The Hall–Kier alpha value is -3.48. The predicted octanol–water partition coefficient (Wildman–Crippen LogP) is 5.32. The molecule has 0 aromatic heterocycles. The van der Waals surface area contributed by atoms with Crippen LogP contribution in [0, 0.1) is 11.6 Å². The van der Waals surface area contributed by atoms with Gasteiger partial charge in [-0.25, -0.2) is 26.8 Å². The van der Waals surface area contributed by atoms with Gasteiger partial charge in [0.25, 0.3) is 0 Å². The molecule has 1 fully saturated rings. The number of nitrogens with one attached hydrogen (secondary N) is 3. The molecule has 54 heavy (non-hydrogen) atoms. The average molecular weight is 812 g/mol. The van der Waals surface area contributed by atoms with Crippen LogP contribution >= 0.6 is 11.8 Å². The summed E-state index contributed by atoms with van der Waals surface area (Å²) < 4.78 is 92.5. The van der Waals surface area contributed by atoms with Crippen LogP contribution < -0.4 is 16.0 Å². The van der Waals surface area contributed by atoms with Gasteiger partial charge >= 0.3 is 18.2 Å². The fourth-order valence-electron chi connectivity index (χ4n) is 5.65. The zero-order valence-corrected chi connectivity index (χ0v) is 32.1. The zero-order chi connectivity index (χ0) is 40.5. The fourth-order valence-corrected chi connectivity index (χ4v) is 8.90. The van der Waals surface area contributed by atoms with Gasteiger partial charge in [-0.3, -0.25) is 4.79 Å². The van der Waals surface area contributed by atoms with E-state index in [9.17, 15) is 45.1 Å². The van der Waals surface area contributed by atoms with Crippen molar-refractivity contribution in [3.63, 3.8) is 0 Å². The molecule has 1 heterocycles. The van der Waals surface area contributed by atoms with Crippen LogP contribution in [-0.4, -0.2) is 96.1 Å². The lowest BCUT2D eigenvalue weighted by Crippen LogP contribution is -2.57. The Bertz CT molecular complexity index is 1580. The average Bonchev–Trinajstić information content (AvgIpc) is 3.60. The number of sulfone groups is 1. The molecular weight excluding hydrogens is 762 g/mol. The molecule has 0 unspecified atom stereocenters. The minimum absolute atomic E-state index is 0.00591. The number of rotatable bonds is 19. The van der Waals surface area contributed by atoms with Crippen molar-refractivity contribution in [2.45, 2.75) is 108 Å². The largest absolute Gasteiger partial charge is 0.490 e. The number of aliphatic hydroxyl groups excluding tert-OH is 1. The molecule has 3 rings (SSSR count). The second-order valence-corrected chi connectivity index (χ2v) is 16.4. The number of hydrogen-bond donors (Lipinski definition) is 5. The van der Waals surface area contributed by atoms with Crippen LogP contribution in [0.25, 0.3) is 0 Å². The summed E-state index contributed by atoms with van der Waals surface area (Å²) in [7, 11) is -3.85. The van der Waals surface area contributed by atoms with E-state index in [0.29, 0.717) is 44.4 Å². The molecule has 11 nitrogen and oxygen atoms in total. The third-order valence-corrected chi connectivity index (χ3v) is 11.8. The molecule has 0 aliphatic carbocycles. The van der Waals surface area contributed by atoms with Crippen LogP contribution in [0.2, 0.25) is 0 Å². The standard InChI is InChI=1S/C34H49F2N3O6S2.C2HF3O2/c1-4-8-29(9-5-2)47(43,44)22-31(39-34(42)45-28-12-13-46-21-28)33(41)38-30(17-25-15-26(35)18-27(36)16-25)32(40)20-37-19-24-11-7-10-23(6-3)14-24;3-2(4,5)1(6)7/h7,10-11,14-16,18,28-32,37,40H,4-6,8-9,12-13,17,19-22H2,1-3H3,(H,38,41)(H,39,42);(H,6,7)/t28-,30-,31-,32+;/m0./s1. The van der Waals surface area contributed by atoms with Crippen LogP contribution in [0.3, 0.4) is 0 Å². The molecule has 0 saturated carbocycles. The number of halogens is 5. The van der Waals surface area contributed by atoms with Gasteiger partial charge in [0.1, 0.15) is 23.8 Å². The Balaban J connectivity index is 0.00000131. The summed E-state index contributed by atoms with van der Waals surface area (Å²) in [5.41, 5.74) is 2.33. The molecule has 1 aliphatic heterocycles. The van der Waals surface area contributed by atoms with Gasteiger partial charge in [-0.05, 0) is 66.7 Å². The van der Waals surface area contributed by atoms with E-state index >= 15 is 0 Å². The molecule has 1 saturated heterocycles. The Morgan fingerprint density at radius 2 is 1.57 bits per heavy atom. The van der Waals surface area contributed by atoms with Crippen molar-refractivity contribution < 1.29 is 59.7 Å². The highest BCUT2D eigenvalue weighted by atomic mass is 32.2. The summed E-state index contributed by atoms with van der Waals surface area (Å²) in [6, 6.07) is 8.26. The number of thioether (sulfide) groups is 1. The molecule has 1 aliphatic rings. The zero-order valence-electron chi connectivity index (χ0n) is 30.5. The van der Waals surface area contributed by atoms with Crippen LogP contribution in [0.15, 0.2) is 42.5 Å². The third-order valence-electron chi connectivity index (χ3n) is 8.39. The molecule has 0 bridgehead atoms. The smallest absolute Gasteiger partial charge is 0.475 e. The van der Waals surface area contributed by atoms with Gasteiger partial charge in [-0.2, -0.15) is 24.9 Å². The lowest BCUT2D eigenvalue weighted by Gasteiger charge is -2.28. The highest BCUT2D eigenvalue weighted by Gasteiger charge is 2.38. The maximum atomic E-state index is 14.1. The lowest BCUT2D eigenvalue weighted by molar-refractivity contribution is -0.192. The SMILES string of the molecule is CCCC(CCC)S(=O)(=O)C[C@H](NC(=O)O[C@H]1CCSC1)C(=O)N[C@@H](Cc1cc(F)cc(F)c1)[C@H](O)CNCc1cccc(CC)c1.O=C(O)C(F)(F)F. The first-order valence-corrected chi connectivity index (χ1v) is 20.5. The van der Waals surface area contributed by atoms with Gasteiger partial charge in [-0.1, -0.05) is 57.9 Å². The summed E-state index contributed by atoms with van der Waals surface area (Å²) in [5.74, 6) is -4.48. The first-order valence-electron chi connectivity index (χ1n) is 17.7. The number of carboxylic acid groups (broad SMARTS) is 1. The number of aryl methyl sites for hydroxylation is 1. The molecule has 0 spiro atoms. The Labute approximate surface area is 317 Å². The van der Waals surface area contributed by atoms with E-state index in [4.69, 9.17) is 14.6 Å². The van der Waals surface area contributed by atoms with Crippen molar-refractivity contribution >= 4 is 39.6 Å². The quantitative estimate of drug-likeness (QED) is 0.117. The molecule has 5 N–H and O–H groups in total. The van der Waals surface area contributed by atoms with E-state index in [0.717, 1.165) is 41.5 Å². The van der Waals surface area contributed by atoms with Crippen molar-refractivity contribution in [3.8, 4) is 0 Å². The number of hydrogen-bond acceptors (Lipinski definition) is 9. The van der Waals surface area contributed by atoms with Gasteiger partial charge in [0.05, 0.1) is 23.1 Å². The van der Waals surface area contributed by atoms with E-state index in [1.165, 1.54) is 0 Å². The molecule has 18 heteroatoms. The normalized spacial score (nSPS) is 16.1. The van der Waals surface area contributed by atoms with Gasteiger partial charge in [0.15, 0.2) is 9.84 Å². The fraction of sp³-hybridized carbons (Fsp3) is 0.583. The lowest BCUT2D eigenvalue weighted by atomic mass is 10.00. The van der Waals surface area contributed by atoms with E-state index in [1.54, 1.807) is 11.8 Å². The minimum Gasteiger partial charge on any atom is -0.475 e. The van der Waals surface area contributed by atoms with Crippen molar-refractivity contribution in [1.29, 1.82) is 0 Å². The number of benzene rings is 2. The molecule has 2 amide bonds. The number of aliphatic hydroxyl groups is 1. The highest BCUT2D eigenvalue weighted by molar-refractivity contribution is 7.99. The Kier molecular flexibility index (Phi) is 19.7. The van der Waals surface area contributed by atoms with Crippen molar-refractivity contribution in [2.75, 3.05) is 23.8 Å². The van der Waals surface area contributed by atoms with Gasteiger partial charge in [-0.15, -0.1) is 0 Å².